The molecule has 144 valence electrons. The van der Waals surface area contributed by atoms with Crippen molar-refractivity contribution in [1.29, 1.82) is 0 Å². The minimum Gasteiger partial charge on any atom is -0.356 e. The van der Waals surface area contributed by atoms with Crippen LogP contribution in [0.5, 0.6) is 0 Å². The molecule has 7 nitrogen and oxygen atoms in total. The van der Waals surface area contributed by atoms with Crippen molar-refractivity contribution >= 4 is 5.82 Å². The molecule has 0 spiro atoms. The van der Waals surface area contributed by atoms with Crippen LogP contribution < -0.4 is 10.5 Å². The molecule has 2 atom stereocenters. The van der Waals surface area contributed by atoms with Gasteiger partial charge in [0.1, 0.15) is 12.1 Å². The molecule has 4 heterocycles. The molecule has 2 aliphatic rings. The monoisotopic (exact) mass is 368 g/mol. The van der Waals surface area contributed by atoms with Crippen LogP contribution in [-0.2, 0) is 6.54 Å². The van der Waals surface area contributed by atoms with Crippen molar-refractivity contribution in [2.24, 2.45) is 11.8 Å². The summed E-state index contributed by atoms with van der Waals surface area (Å²) in [6, 6.07) is 3.74. The Morgan fingerprint density at radius 1 is 1.04 bits per heavy atom. The molecule has 4 rings (SSSR count). The van der Waals surface area contributed by atoms with Crippen molar-refractivity contribution in [2.75, 3.05) is 37.6 Å². The van der Waals surface area contributed by atoms with Gasteiger partial charge in [0.25, 0.3) is 5.56 Å². The Kier molecular flexibility index (Phi) is 4.95. The zero-order valence-corrected chi connectivity index (χ0v) is 16.4. The number of rotatable bonds is 5. The first-order chi connectivity index (χ1) is 13.0. The molecule has 2 aromatic rings. The molecule has 7 heteroatoms. The highest BCUT2D eigenvalue weighted by atomic mass is 16.1. The topological polar surface area (TPSA) is 67.2 Å². The second-order valence-corrected chi connectivity index (χ2v) is 8.20. The van der Waals surface area contributed by atoms with E-state index in [2.05, 4.69) is 44.7 Å². The van der Waals surface area contributed by atoms with Gasteiger partial charge in [0.15, 0.2) is 0 Å². The Hall–Kier alpha value is -2.28. The molecule has 2 unspecified atom stereocenters. The minimum absolute atomic E-state index is 0.0396. The lowest BCUT2D eigenvalue weighted by molar-refractivity contribution is 0.300. The lowest BCUT2D eigenvalue weighted by Crippen LogP contribution is -2.33. The summed E-state index contributed by atoms with van der Waals surface area (Å²) in [6.07, 6.45) is 3.36. The van der Waals surface area contributed by atoms with Crippen LogP contribution in [0.15, 0.2) is 29.6 Å². The molecule has 0 saturated carbocycles. The Bertz CT molecular complexity index is 850. The summed E-state index contributed by atoms with van der Waals surface area (Å²) >= 11 is 0. The number of aromatic nitrogens is 4. The summed E-state index contributed by atoms with van der Waals surface area (Å²) in [4.78, 5) is 30.0. The van der Waals surface area contributed by atoms with E-state index in [0.29, 0.717) is 24.3 Å². The highest BCUT2D eigenvalue weighted by molar-refractivity contribution is 5.41. The Morgan fingerprint density at radius 3 is 2.44 bits per heavy atom. The lowest BCUT2D eigenvalue weighted by Gasteiger charge is -2.23. The molecule has 2 aromatic heterocycles. The predicted octanol–water partition coefficient (Wildman–Crippen LogP) is 1.53. The van der Waals surface area contributed by atoms with Crippen molar-refractivity contribution < 1.29 is 0 Å². The Labute approximate surface area is 160 Å². The third-order valence-electron chi connectivity index (χ3n) is 5.82. The number of hydrogen-bond acceptors (Lipinski definition) is 6. The smallest absolute Gasteiger partial charge is 0.253 e. The van der Waals surface area contributed by atoms with E-state index in [4.69, 9.17) is 0 Å². The SMILES string of the molecule is Cc1cc(=O)n(CCN2CC3CN(c4cc(C(C)C)ncn4)CC3C2)cn1. The van der Waals surface area contributed by atoms with E-state index in [-0.39, 0.29) is 5.56 Å². The maximum absolute atomic E-state index is 12.0. The zero-order chi connectivity index (χ0) is 19.0. The van der Waals surface area contributed by atoms with Gasteiger partial charge in [0, 0.05) is 62.8 Å². The molecule has 27 heavy (non-hydrogen) atoms. The summed E-state index contributed by atoms with van der Waals surface area (Å²) in [6.45, 7) is 12.1. The van der Waals surface area contributed by atoms with Gasteiger partial charge in [0.2, 0.25) is 0 Å². The van der Waals surface area contributed by atoms with Crippen LogP contribution in [0.4, 0.5) is 5.82 Å². The van der Waals surface area contributed by atoms with Crippen LogP contribution in [0, 0.1) is 18.8 Å². The normalized spacial score (nSPS) is 22.6. The quantitative estimate of drug-likeness (QED) is 0.797. The number of anilines is 1. The fraction of sp³-hybridized carbons (Fsp3) is 0.600. The van der Waals surface area contributed by atoms with Crippen LogP contribution in [-0.4, -0.2) is 57.1 Å². The molecule has 0 aliphatic carbocycles. The van der Waals surface area contributed by atoms with Gasteiger partial charge < -0.3 is 9.80 Å². The molecule has 2 aliphatic heterocycles. The minimum atomic E-state index is 0.0396. The van der Waals surface area contributed by atoms with Crippen molar-refractivity contribution in [1.82, 2.24) is 24.4 Å². The maximum atomic E-state index is 12.0. The standard InChI is InChI=1S/C20H28N6O/c1-14(2)18-7-19(22-12-21-18)26-10-16-8-24(9-17(16)11-26)4-5-25-13-23-15(3)6-20(25)27/h6-7,12-14,16-17H,4-5,8-11H2,1-3H3. The maximum Gasteiger partial charge on any atom is 0.253 e. The van der Waals surface area contributed by atoms with Crippen LogP contribution in [0.25, 0.3) is 0 Å². The summed E-state index contributed by atoms with van der Waals surface area (Å²) in [7, 11) is 0. The number of fused-ring (bicyclic) bond motifs is 1. The average Bonchev–Trinajstić information content (AvgIpc) is 3.20. The number of likely N-dealkylation sites (tertiary alicyclic amines) is 1. The summed E-state index contributed by atoms with van der Waals surface area (Å²) in [5.74, 6) is 2.83. The van der Waals surface area contributed by atoms with Gasteiger partial charge in [-0.2, -0.15) is 0 Å². The number of nitrogens with zero attached hydrogens (tertiary/aromatic N) is 6. The lowest BCUT2D eigenvalue weighted by atomic mass is 10.0. The van der Waals surface area contributed by atoms with E-state index in [9.17, 15) is 4.79 Å². The Morgan fingerprint density at radius 2 is 1.78 bits per heavy atom. The van der Waals surface area contributed by atoms with Crippen LogP contribution >= 0.6 is 0 Å². The van der Waals surface area contributed by atoms with Crippen molar-refractivity contribution in [2.45, 2.75) is 33.2 Å². The largest absolute Gasteiger partial charge is 0.356 e. The molecule has 0 bridgehead atoms. The number of hydrogen-bond donors (Lipinski definition) is 0. The molecule has 0 N–H and O–H groups in total. The third-order valence-corrected chi connectivity index (χ3v) is 5.82. The third kappa shape index (κ3) is 3.88. The van der Waals surface area contributed by atoms with E-state index in [1.54, 1.807) is 23.3 Å². The van der Waals surface area contributed by atoms with E-state index >= 15 is 0 Å². The predicted molar refractivity (Wildman–Crippen MR) is 105 cm³/mol. The van der Waals surface area contributed by atoms with E-state index in [1.807, 2.05) is 6.92 Å². The summed E-state index contributed by atoms with van der Waals surface area (Å²) < 4.78 is 1.71. The van der Waals surface area contributed by atoms with Crippen molar-refractivity contribution in [3.8, 4) is 0 Å². The average molecular weight is 368 g/mol. The second kappa shape index (κ2) is 7.38. The summed E-state index contributed by atoms with van der Waals surface area (Å²) in [5.41, 5.74) is 1.92. The molecular formula is C20H28N6O. The first-order valence-electron chi connectivity index (χ1n) is 9.82. The van der Waals surface area contributed by atoms with Crippen LogP contribution in [0.2, 0.25) is 0 Å². The molecule has 0 radical (unpaired) electrons. The highest BCUT2D eigenvalue weighted by Gasteiger charge is 2.40. The number of aryl methyl sites for hydroxylation is 1. The van der Waals surface area contributed by atoms with Crippen molar-refractivity contribution in [3.05, 3.63) is 46.5 Å². The van der Waals surface area contributed by atoms with Gasteiger partial charge in [0.05, 0.1) is 6.33 Å². The van der Waals surface area contributed by atoms with Crippen LogP contribution in [0.3, 0.4) is 0 Å². The van der Waals surface area contributed by atoms with E-state index in [1.165, 1.54) is 0 Å². The van der Waals surface area contributed by atoms with Crippen LogP contribution in [0.1, 0.15) is 31.2 Å². The molecule has 0 aromatic carbocycles. The van der Waals surface area contributed by atoms with E-state index in [0.717, 1.165) is 49.9 Å². The highest BCUT2D eigenvalue weighted by Crippen LogP contribution is 2.33. The van der Waals surface area contributed by atoms with Crippen molar-refractivity contribution in [3.63, 3.8) is 0 Å². The van der Waals surface area contributed by atoms with Gasteiger partial charge in [-0.1, -0.05) is 13.8 Å². The van der Waals surface area contributed by atoms with Gasteiger partial charge >= 0.3 is 0 Å². The first kappa shape index (κ1) is 18.1. The molecule has 0 amide bonds. The van der Waals surface area contributed by atoms with Gasteiger partial charge in [-0.3, -0.25) is 9.36 Å². The van der Waals surface area contributed by atoms with Gasteiger partial charge in [-0.05, 0) is 24.7 Å². The van der Waals surface area contributed by atoms with Gasteiger partial charge in [-0.25, -0.2) is 15.0 Å². The zero-order valence-electron chi connectivity index (χ0n) is 16.4. The molecule has 2 saturated heterocycles. The van der Waals surface area contributed by atoms with Gasteiger partial charge in [-0.15, -0.1) is 0 Å². The first-order valence-corrected chi connectivity index (χ1v) is 9.82. The Balaban J connectivity index is 1.33. The second-order valence-electron chi connectivity index (χ2n) is 8.20. The van der Waals surface area contributed by atoms with E-state index < -0.39 is 0 Å². The fourth-order valence-corrected chi connectivity index (χ4v) is 4.24. The molecule has 2 fully saturated rings. The fourth-order valence-electron chi connectivity index (χ4n) is 4.24. The molecular weight excluding hydrogens is 340 g/mol. The summed E-state index contributed by atoms with van der Waals surface area (Å²) in [5, 5.41) is 0.